The molecule has 120 valence electrons. The average Bonchev–Trinajstić information content (AvgIpc) is 2.51. The number of likely N-dealkylation sites (N-methyl/N-ethyl adjacent to an activating group) is 1. The number of anilines is 2. The van der Waals surface area contributed by atoms with Crippen molar-refractivity contribution in [1.82, 2.24) is 0 Å². The van der Waals surface area contributed by atoms with E-state index >= 15 is 0 Å². The number of carbonyl (C=O) groups is 2. The van der Waals surface area contributed by atoms with E-state index in [1.54, 1.807) is 18.2 Å². The van der Waals surface area contributed by atoms with Gasteiger partial charge in [-0.05, 0) is 56.2 Å². The zero-order valence-corrected chi connectivity index (χ0v) is 14.1. The number of aryl methyl sites for hydroxylation is 2. The van der Waals surface area contributed by atoms with Gasteiger partial charge >= 0.3 is 11.8 Å². The fraction of sp³-hybridized carbons (Fsp3) is 0.222. The highest BCUT2D eigenvalue weighted by molar-refractivity contribution is 6.44. The Hall–Kier alpha value is -2.33. The maximum absolute atomic E-state index is 12.4. The highest BCUT2D eigenvalue weighted by Gasteiger charge is 2.22. The Bertz CT molecular complexity index is 744. The first-order valence-electron chi connectivity index (χ1n) is 7.38. The van der Waals surface area contributed by atoms with E-state index in [0.717, 1.165) is 11.1 Å². The monoisotopic (exact) mass is 330 g/mol. The second-order valence-corrected chi connectivity index (χ2v) is 5.71. The molecule has 0 spiro atoms. The Morgan fingerprint density at radius 3 is 2.48 bits per heavy atom. The molecule has 1 N–H and O–H groups in total. The molecular formula is C18H19ClN2O2. The van der Waals surface area contributed by atoms with Crippen molar-refractivity contribution in [2.75, 3.05) is 16.8 Å². The van der Waals surface area contributed by atoms with Crippen LogP contribution in [0.1, 0.15) is 18.1 Å². The normalized spacial score (nSPS) is 10.3. The molecule has 5 heteroatoms. The molecule has 0 aromatic heterocycles. The number of carbonyl (C=O) groups excluding carboxylic acids is 2. The first-order valence-corrected chi connectivity index (χ1v) is 7.76. The molecule has 0 aliphatic heterocycles. The molecule has 0 bridgehead atoms. The van der Waals surface area contributed by atoms with Crippen molar-refractivity contribution >= 4 is 34.8 Å². The zero-order valence-electron chi connectivity index (χ0n) is 13.4. The van der Waals surface area contributed by atoms with E-state index < -0.39 is 11.8 Å². The summed E-state index contributed by atoms with van der Waals surface area (Å²) in [5.74, 6) is -1.29. The summed E-state index contributed by atoms with van der Waals surface area (Å²) in [6.45, 7) is 6.05. The van der Waals surface area contributed by atoms with Gasteiger partial charge in [0.1, 0.15) is 0 Å². The Morgan fingerprint density at radius 2 is 1.87 bits per heavy atom. The summed E-state index contributed by atoms with van der Waals surface area (Å²) in [6.07, 6.45) is 0. The molecule has 2 aromatic carbocycles. The molecule has 2 amide bonds. The molecule has 0 saturated heterocycles. The SMILES string of the molecule is CCN(C(=O)C(=O)Nc1ccc(C)c(Cl)c1)c1cccc(C)c1. The van der Waals surface area contributed by atoms with Crippen molar-refractivity contribution < 1.29 is 9.59 Å². The standard InChI is InChI=1S/C18H19ClN2O2/c1-4-21(15-7-5-6-12(2)10-15)18(23)17(22)20-14-9-8-13(3)16(19)11-14/h5-11H,4H2,1-3H3,(H,20,22). The predicted molar refractivity (Wildman–Crippen MR) is 94.0 cm³/mol. The van der Waals surface area contributed by atoms with Crippen LogP contribution in [0.5, 0.6) is 0 Å². The molecule has 0 atom stereocenters. The van der Waals surface area contributed by atoms with Crippen LogP contribution in [0, 0.1) is 13.8 Å². The van der Waals surface area contributed by atoms with Crippen molar-refractivity contribution in [2.45, 2.75) is 20.8 Å². The third-order valence-electron chi connectivity index (χ3n) is 3.50. The van der Waals surface area contributed by atoms with E-state index in [0.29, 0.717) is 22.9 Å². The van der Waals surface area contributed by atoms with Crippen LogP contribution in [-0.4, -0.2) is 18.4 Å². The van der Waals surface area contributed by atoms with Gasteiger partial charge in [0, 0.05) is 22.9 Å². The molecule has 0 aliphatic carbocycles. The van der Waals surface area contributed by atoms with Crippen molar-refractivity contribution in [3.05, 3.63) is 58.6 Å². The quantitative estimate of drug-likeness (QED) is 0.866. The molecule has 0 fully saturated rings. The van der Waals surface area contributed by atoms with E-state index in [2.05, 4.69) is 5.32 Å². The van der Waals surface area contributed by atoms with Crippen LogP contribution in [0.15, 0.2) is 42.5 Å². The minimum absolute atomic E-state index is 0.407. The van der Waals surface area contributed by atoms with Crippen LogP contribution in [0.25, 0.3) is 0 Å². The number of amides is 2. The van der Waals surface area contributed by atoms with Gasteiger partial charge in [-0.1, -0.05) is 29.8 Å². The van der Waals surface area contributed by atoms with Gasteiger partial charge in [-0.25, -0.2) is 0 Å². The Balaban J connectivity index is 2.17. The second-order valence-electron chi connectivity index (χ2n) is 5.31. The summed E-state index contributed by atoms with van der Waals surface area (Å²) in [4.78, 5) is 26.1. The summed E-state index contributed by atoms with van der Waals surface area (Å²) in [5, 5.41) is 3.14. The number of halogens is 1. The summed E-state index contributed by atoms with van der Waals surface area (Å²) in [6, 6.07) is 12.6. The number of nitrogens with zero attached hydrogens (tertiary/aromatic N) is 1. The first-order chi connectivity index (χ1) is 10.9. The van der Waals surface area contributed by atoms with Gasteiger partial charge in [0.2, 0.25) is 0 Å². The van der Waals surface area contributed by atoms with Crippen molar-refractivity contribution in [2.24, 2.45) is 0 Å². The lowest BCUT2D eigenvalue weighted by Crippen LogP contribution is -2.39. The fourth-order valence-corrected chi connectivity index (χ4v) is 2.40. The van der Waals surface area contributed by atoms with Crippen molar-refractivity contribution in [3.63, 3.8) is 0 Å². The third kappa shape index (κ3) is 4.11. The largest absolute Gasteiger partial charge is 0.318 e. The van der Waals surface area contributed by atoms with Gasteiger partial charge in [0.15, 0.2) is 0 Å². The minimum Gasteiger partial charge on any atom is -0.318 e. The van der Waals surface area contributed by atoms with Gasteiger partial charge in [-0.2, -0.15) is 0 Å². The number of hydrogen-bond acceptors (Lipinski definition) is 2. The van der Waals surface area contributed by atoms with Crippen LogP contribution in [0.2, 0.25) is 5.02 Å². The van der Waals surface area contributed by atoms with E-state index in [1.165, 1.54) is 4.90 Å². The number of hydrogen-bond donors (Lipinski definition) is 1. The third-order valence-corrected chi connectivity index (χ3v) is 3.91. The van der Waals surface area contributed by atoms with Gasteiger partial charge in [0.25, 0.3) is 0 Å². The smallest absolute Gasteiger partial charge is 0.316 e. The summed E-state index contributed by atoms with van der Waals surface area (Å²) in [7, 11) is 0. The highest BCUT2D eigenvalue weighted by Crippen LogP contribution is 2.21. The maximum atomic E-state index is 12.4. The van der Waals surface area contributed by atoms with Crippen LogP contribution < -0.4 is 10.2 Å². The average molecular weight is 331 g/mol. The highest BCUT2D eigenvalue weighted by atomic mass is 35.5. The number of benzene rings is 2. The Labute approximate surface area is 141 Å². The lowest BCUT2D eigenvalue weighted by Gasteiger charge is -2.20. The summed E-state index contributed by atoms with van der Waals surface area (Å²) in [5.41, 5.74) is 3.14. The molecule has 0 unspecified atom stereocenters. The second kappa shape index (κ2) is 7.29. The van der Waals surface area contributed by atoms with Crippen LogP contribution in [-0.2, 0) is 9.59 Å². The Kier molecular flexibility index (Phi) is 5.40. The lowest BCUT2D eigenvalue weighted by molar-refractivity contribution is -0.134. The van der Waals surface area contributed by atoms with E-state index in [-0.39, 0.29) is 0 Å². The minimum atomic E-state index is -0.687. The molecule has 0 heterocycles. The Morgan fingerprint density at radius 1 is 1.13 bits per heavy atom. The van der Waals surface area contributed by atoms with Crippen LogP contribution >= 0.6 is 11.6 Å². The van der Waals surface area contributed by atoms with Gasteiger partial charge in [0.05, 0.1) is 0 Å². The zero-order chi connectivity index (χ0) is 17.0. The maximum Gasteiger partial charge on any atom is 0.316 e. The summed E-state index contributed by atoms with van der Waals surface area (Å²) < 4.78 is 0. The van der Waals surface area contributed by atoms with Gasteiger partial charge in [-0.15, -0.1) is 0 Å². The van der Waals surface area contributed by atoms with Crippen LogP contribution in [0.3, 0.4) is 0 Å². The van der Waals surface area contributed by atoms with E-state index in [9.17, 15) is 9.59 Å². The molecule has 2 aromatic rings. The van der Waals surface area contributed by atoms with Crippen molar-refractivity contribution in [1.29, 1.82) is 0 Å². The topological polar surface area (TPSA) is 49.4 Å². The lowest BCUT2D eigenvalue weighted by atomic mass is 10.2. The predicted octanol–water partition coefficient (Wildman–Crippen LogP) is 3.95. The fourth-order valence-electron chi connectivity index (χ4n) is 2.22. The van der Waals surface area contributed by atoms with Gasteiger partial charge in [-0.3, -0.25) is 9.59 Å². The van der Waals surface area contributed by atoms with Crippen LogP contribution in [0.4, 0.5) is 11.4 Å². The van der Waals surface area contributed by atoms with Gasteiger partial charge < -0.3 is 10.2 Å². The van der Waals surface area contributed by atoms with Crippen molar-refractivity contribution in [3.8, 4) is 0 Å². The summed E-state index contributed by atoms with van der Waals surface area (Å²) >= 11 is 6.03. The first kappa shape index (κ1) is 17.0. The molecular weight excluding hydrogens is 312 g/mol. The van der Waals surface area contributed by atoms with E-state index in [1.807, 2.05) is 45.0 Å². The molecule has 23 heavy (non-hydrogen) atoms. The molecule has 0 radical (unpaired) electrons. The molecule has 0 aliphatic rings. The number of rotatable bonds is 3. The van der Waals surface area contributed by atoms with E-state index in [4.69, 9.17) is 11.6 Å². The molecule has 0 saturated carbocycles. The molecule has 2 rings (SSSR count). The molecule has 4 nitrogen and oxygen atoms in total. The number of nitrogens with one attached hydrogen (secondary N) is 1.